The van der Waals surface area contributed by atoms with Crippen LogP contribution in [-0.2, 0) is 0 Å². The van der Waals surface area contributed by atoms with Gasteiger partial charge in [0.1, 0.15) is 17.3 Å². The minimum Gasteiger partial charge on any atom is -0.457 e. The summed E-state index contributed by atoms with van der Waals surface area (Å²) in [5.41, 5.74) is 0.628. The maximum absolute atomic E-state index is 12.9. The first-order valence-corrected chi connectivity index (χ1v) is 9.22. The molecule has 0 aliphatic carbocycles. The summed E-state index contributed by atoms with van der Waals surface area (Å²) in [4.78, 5) is 15.0. The molecule has 0 spiro atoms. The van der Waals surface area contributed by atoms with Crippen molar-refractivity contribution in [2.24, 2.45) is 5.92 Å². The topological polar surface area (TPSA) is 41.6 Å². The number of halogens is 1. The summed E-state index contributed by atoms with van der Waals surface area (Å²) < 4.78 is 18.6. The molecule has 1 atom stereocenters. The quantitative estimate of drug-likeness (QED) is 0.907. The van der Waals surface area contributed by atoms with Gasteiger partial charge in [-0.2, -0.15) is 0 Å². The van der Waals surface area contributed by atoms with Gasteiger partial charge >= 0.3 is 0 Å². The van der Waals surface area contributed by atoms with Crippen LogP contribution in [0.2, 0.25) is 0 Å². The molecule has 1 N–H and O–H groups in total. The number of carbonyl (C=O) groups excluding carboxylic acids is 1. The predicted octanol–water partition coefficient (Wildman–Crippen LogP) is 3.83. The van der Waals surface area contributed by atoms with Gasteiger partial charge in [-0.3, -0.25) is 4.79 Å². The van der Waals surface area contributed by atoms with Gasteiger partial charge in [-0.1, -0.05) is 0 Å². The molecule has 5 rings (SSSR count). The van der Waals surface area contributed by atoms with Gasteiger partial charge in [0, 0.05) is 18.2 Å². The molecule has 3 aliphatic heterocycles. The van der Waals surface area contributed by atoms with Crippen LogP contribution in [0.1, 0.15) is 29.6 Å². The number of piperidine rings is 1. The number of nitrogens with zero attached hydrogens (tertiary/aromatic N) is 1. The zero-order valence-electron chi connectivity index (χ0n) is 14.7. The standard InChI is InChI=1S/C21H23FN2O2/c22-17-3-7-20(8-4-17)26-19-5-1-16(2-6-19)21(25)23-18-13-15-9-11-24(14-18)12-10-15/h1-8,15,18H,9-14H2,(H,23,25). The van der Waals surface area contributed by atoms with E-state index in [-0.39, 0.29) is 17.8 Å². The number of hydrogen-bond donors (Lipinski definition) is 1. The lowest BCUT2D eigenvalue weighted by Crippen LogP contribution is -2.41. The molecule has 3 heterocycles. The number of hydrogen-bond acceptors (Lipinski definition) is 3. The van der Waals surface area contributed by atoms with Gasteiger partial charge in [-0.25, -0.2) is 4.39 Å². The molecule has 1 unspecified atom stereocenters. The molecule has 136 valence electrons. The van der Waals surface area contributed by atoms with Gasteiger partial charge in [-0.05, 0) is 86.8 Å². The highest BCUT2D eigenvalue weighted by molar-refractivity contribution is 5.94. The number of carbonyl (C=O) groups is 1. The van der Waals surface area contributed by atoms with Gasteiger partial charge in [0.05, 0.1) is 0 Å². The smallest absolute Gasteiger partial charge is 0.251 e. The summed E-state index contributed by atoms with van der Waals surface area (Å²) in [6, 6.07) is 13.1. The van der Waals surface area contributed by atoms with Gasteiger partial charge < -0.3 is 15.0 Å². The van der Waals surface area contributed by atoms with Crippen molar-refractivity contribution >= 4 is 5.91 Å². The number of ether oxygens (including phenoxy) is 1. The first-order valence-electron chi connectivity index (χ1n) is 9.22. The van der Waals surface area contributed by atoms with E-state index >= 15 is 0 Å². The van der Waals surface area contributed by atoms with E-state index in [9.17, 15) is 9.18 Å². The fraction of sp³-hybridized carbons (Fsp3) is 0.381. The van der Waals surface area contributed by atoms with E-state index in [1.807, 2.05) is 0 Å². The highest BCUT2D eigenvalue weighted by Gasteiger charge is 2.29. The molecule has 4 nitrogen and oxygen atoms in total. The average molecular weight is 354 g/mol. The van der Waals surface area contributed by atoms with E-state index in [1.54, 1.807) is 36.4 Å². The lowest BCUT2D eigenvalue weighted by Gasteiger charge is -2.26. The SMILES string of the molecule is O=C(NC1CC2CCN(CC2)C1)c1ccc(Oc2ccc(F)cc2)cc1. The molecular formula is C21H23FN2O2. The number of rotatable bonds is 4. The minimum absolute atomic E-state index is 0.0363. The van der Waals surface area contributed by atoms with E-state index in [4.69, 9.17) is 4.74 Å². The second-order valence-corrected chi connectivity index (χ2v) is 7.23. The van der Waals surface area contributed by atoms with Crippen molar-refractivity contribution in [3.63, 3.8) is 0 Å². The Bertz CT molecular complexity index is 739. The fourth-order valence-corrected chi connectivity index (χ4v) is 3.88. The Labute approximate surface area is 153 Å². The van der Waals surface area contributed by atoms with Gasteiger partial charge in [-0.15, -0.1) is 0 Å². The Hall–Kier alpha value is -2.40. The van der Waals surface area contributed by atoms with Crippen molar-refractivity contribution in [2.75, 3.05) is 19.6 Å². The zero-order chi connectivity index (χ0) is 17.9. The van der Waals surface area contributed by atoms with E-state index < -0.39 is 0 Å². The Balaban J connectivity index is 1.37. The zero-order valence-corrected chi connectivity index (χ0v) is 14.7. The normalized spacial score (nSPS) is 24.7. The monoisotopic (exact) mass is 354 g/mol. The molecule has 1 amide bonds. The van der Waals surface area contributed by atoms with Crippen molar-refractivity contribution in [3.8, 4) is 11.5 Å². The molecule has 3 saturated heterocycles. The first kappa shape index (κ1) is 17.0. The van der Waals surface area contributed by atoms with Gasteiger partial charge in [0.25, 0.3) is 5.91 Å². The maximum atomic E-state index is 12.9. The van der Waals surface area contributed by atoms with Gasteiger partial charge in [0.15, 0.2) is 0 Å². The van der Waals surface area contributed by atoms with Crippen molar-refractivity contribution < 1.29 is 13.9 Å². The van der Waals surface area contributed by atoms with Crippen molar-refractivity contribution in [2.45, 2.75) is 25.3 Å². The van der Waals surface area contributed by atoms with Crippen LogP contribution in [-0.4, -0.2) is 36.5 Å². The third-order valence-corrected chi connectivity index (χ3v) is 5.30. The Morgan fingerprint density at radius 2 is 1.62 bits per heavy atom. The van der Waals surface area contributed by atoms with E-state index in [2.05, 4.69) is 10.2 Å². The third kappa shape index (κ3) is 4.05. The second kappa shape index (κ2) is 7.46. The minimum atomic E-state index is -0.298. The Morgan fingerprint density at radius 1 is 1.00 bits per heavy atom. The lowest BCUT2D eigenvalue weighted by atomic mass is 9.94. The number of amides is 1. The largest absolute Gasteiger partial charge is 0.457 e. The maximum Gasteiger partial charge on any atom is 0.251 e. The predicted molar refractivity (Wildman–Crippen MR) is 98.0 cm³/mol. The van der Waals surface area contributed by atoms with Crippen LogP contribution >= 0.6 is 0 Å². The van der Waals surface area contributed by atoms with Crippen LogP contribution in [0.15, 0.2) is 48.5 Å². The first-order chi connectivity index (χ1) is 12.7. The van der Waals surface area contributed by atoms with Crippen LogP contribution in [0.4, 0.5) is 4.39 Å². The van der Waals surface area contributed by atoms with Crippen molar-refractivity contribution in [1.29, 1.82) is 0 Å². The molecule has 0 radical (unpaired) electrons. The average Bonchev–Trinajstić information content (AvgIpc) is 2.96. The highest BCUT2D eigenvalue weighted by atomic mass is 19.1. The highest BCUT2D eigenvalue weighted by Crippen LogP contribution is 2.27. The van der Waals surface area contributed by atoms with Crippen molar-refractivity contribution in [1.82, 2.24) is 10.2 Å². The molecule has 5 heteroatoms. The second-order valence-electron chi connectivity index (χ2n) is 7.23. The molecule has 2 aromatic carbocycles. The summed E-state index contributed by atoms with van der Waals surface area (Å²) in [5, 5.41) is 3.19. The molecule has 0 saturated carbocycles. The van der Waals surface area contributed by atoms with Crippen LogP contribution < -0.4 is 10.1 Å². The summed E-state index contributed by atoms with van der Waals surface area (Å²) in [6.45, 7) is 3.27. The summed E-state index contributed by atoms with van der Waals surface area (Å²) in [7, 11) is 0. The van der Waals surface area contributed by atoms with Crippen LogP contribution in [0.3, 0.4) is 0 Å². The fourth-order valence-electron chi connectivity index (χ4n) is 3.88. The third-order valence-electron chi connectivity index (χ3n) is 5.30. The number of nitrogens with one attached hydrogen (secondary N) is 1. The Kier molecular flexibility index (Phi) is 4.89. The number of fused-ring (bicyclic) bond motifs is 4. The van der Waals surface area contributed by atoms with E-state index in [1.165, 1.54) is 25.0 Å². The molecule has 2 bridgehead atoms. The van der Waals surface area contributed by atoms with Crippen LogP contribution in [0.25, 0.3) is 0 Å². The molecule has 2 aromatic rings. The molecule has 3 aliphatic rings. The summed E-state index contributed by atoms with van der Waals surface area (Å²) >= 11 is 0. The summed E-state index contributed by atoms with van der Waals surface area (Å²) in [5.74, 6) is 1.59. The van der Waals surface area contributed by atoms with Crippen LogP contribution in [0.5, 0.6) is 11.5 Å². The lowest BCUT2D eigenvalue weighted by molar-refractivity contribution is 0.0929. The molecule has 26 heavy (non-hydrogen) atoms. The van der Waals surface area contributed by atoms with E-state index in [0.29, 0.717) is 17.1 Å². The molecule has 3 fully saturated rings. The summed E-state index contributed by atoms with van der Waals surface area (Å²) in [6.07, 6.45) is 3.58. The molecular weight excluding hydrogens is 331 g/mol. The Morgan fingerprint density at radius 3 is 2.27 bits per heavy atom. The van der Waals surface area contributed by atoms with Crippen molar-refractivity contribution in [3.05, 3.63) is 59.9 Å². The van der Waals surface area contributed by atoms with E-state index in [0.717, 1.165) is 32.0 Å². The van der Waals surface area contributed by atoms with Gasteiger partial charge in [0.2, 0.25) is 0 Å². The molecule has 0 aromatic heterocycles. The number of benzene rings is 2. The van der Waals surface area contributed by atoms with Crippen LogP contribution in [0, 0.1) is 11.7 Å².